The highest BCUT2D eigenvalue weighted by Gasteiger charge is 2.32. The van der Waals surface area contributed by atoms with Gasteiger partial charge in [-0.3, -0.25) is 38.9 Å². The van der Waals surface area contributed by atoms with Gasteiger partial charge in [0.2, 0.25) is 23.6 Å². The second kappa shape index (κ2) is 30.5. The first-order chi connectivity index (χ1) is 47.6. The van der Waals surface area contributed by atoms with Gasteiger partial charge >= 0.3 is 0 Å². The Labute approximate surface area is 587 Å². The van der Waals surface area contributed by atoms with E-state index in [1.807, 2.05) is 59.6 Å². The van der Waals surface area contributed by atoms with Gasteiger partial charge in [0.15, 0.2) is 11.6 Å². The number of nitrogens with zero attached hydrogens (tertiary/aromatic N) is 10. The number of carbonyl (C=O) groups is 4. The quantitative estimate of drug-likeness (QED) is 0.0369. The van der Waals surface area contributed by atoms with Gasteiger partial charge in [-0.2, -0.15) is 0 Å². The van der Waals surface area contributed by atoms with Crippen LogP contribution in [0, 0.1) is 0 Å². The van der Waals surface area contributed by atoms with Crippen molar-refractivity contribution < 1.29 is 38.1 Å². The molecule has 98 heavy (non-hydrogen) atoms. The summed E-state index contributed by atoms with van der Waals surface area (Å²) in [6.07, 6.45) is 10.5. The summed E-state index contributed by atoms with van der Waals surface area (Å²) in [7, 11) is 6.91. The summed E-state index contributed by atoms with van der Waals surface area (Å²) in [6.45, 7) is 9.00. The first-order valence-corrected chi connectivity index (χ1v) is 34.4. The molecular formula is C70H76Cl4N16O8. The Balaban J connectivity index is 0.000000176. The zero-order valence-corrected chi connectivity index (χ0v) is 57.8. The number of methoxy groups -OCH3 is 2. The maximum absolute atomic E-state index is 13.5. The maximum atomic E-state index is 13.5. The first kappa shape index (κ1) is 68.4. The molecule has 8 aromatic rings. The third-order valence-electron chi connectivity index (χ3n) is 18.8. The van der Waals surface area contributed by atoms with Gasteiger partial charge in [0, 0.05) is 188 Å². The fourth-order valence-corrected chi connectivity index (χ4v) is 14.4. The summed E-state index contributed by atoms with van der Waals surface area (Å²) in [5.74, 6) is 1.07. The van der Waals surface area contributed by atoms with Gasteiger partial charge < -0.3 is 60.0 Å². The van der Waals surface area contributed by atoms with Gasteiger partial charge in [-0.05, 0) is 62.1 Å². The van der Waals surface area contributed by atoms with E-state index in [1.165, 1.54) is 0 Å². The van der Waals surface area contributed by atoms with Crippen LogP contribution in [0.5, 0.6) is 11.8 Å². The Morgan fingerprint density at radius 1 is 0.551 bits per heavy atom. The number of hydrogen-bond acceptors (Lipinski definition) is 18. The van der Waals surface area contributed by atoms with Gasteiger partial charge in [-0.15, -0.1) is 0 Å². The number of ether oxygens (including phenoxy) is 4. The largest absolute Gasteiger partial charge is 0.481 e. The van der Waals surface area contributed by atoms with Crippen LogP contribution >= 0.6 is 46.4 Å². The molecule has 0 aliphatic carbocycles. The van der Waals surface area contributed by atoms with E-state index in [9.17, 15) is 19.2 Å². The van der Waals surface area contributed by atoms with Crippen molar-refractivity contribution in [2.75, 3.05) is 77.3 Å². The Morgan fingerprint density at radius 3 is 1.36 bits per heavy atom. The number of halogens is 4. The highest BCUT2D eigenvalue weighted by Crippen LogP contribution is 2.43. The molecule has 4 atom stereocenters. The molecule has 0 radical (unpaired) electrons. The zero-order valence-electron chi connectivity index (χ0n) is 54.8. The SMILES string of the molecule is COc1nc(-c2ccnc(-c3cccc(NC(=O)c4nc5c(n4C)CCN(C[C@@H]4CCO4)C5)c3Cl)c2Cl)ccc1CNC[C@@H]1CCC(=O)N1.COc1nc(-c2ccnc(-c3cccc(NC(=O)c4nc5c(n4C)CCN(C[C@@H]4CCO4)C5)c3Cl)c2Cl)ccc1CNC[C@@H]1CCC(=O)N1. The predicted octanol–water partition coefficient (Wildman–Crippen LogP) is 9.25. The van der Waals surface area contributed by atoms with Crippen LogP contribution in [-0.4, -0.2) is 163 Å². The number of amides is 4. The summed E-state index contributed by atoms with van der Waals surface area (Å²) >= 11 is 27.8. The number of aromatic nitrogens is 8. The summed E-state index contributed by atoms with van der Waals surface area (Å²) in [5.41, 5.74) is 11.1. The third-order valence-corrected chi connectivity index (χ3v) is 20.3. The molecular weight excluding hydrogens is 1330 g/mol. The number of fused-ring (bicyclic) bond motifs is 2. The number of anilines is 2. The zero-order chi connectivity index (χ0) is 68.1. The normalized spacial score (nSPS) is 18.9. The minimum Gasteiger partial charge on any atom is -0.481 e. The molecule has 4 amide bonds. The molecule has 512 valence electrons. The van der Waals surface area contributed by atoms with Crippen LogP contribution in [0.2, 0.25) is 20.1 Å². The molecule has 28 heteroatoms. The number of rotatable bonds is 22. The lowest BCUT2D eigenvalue weighted by Crippen LogP contribution is -2.42. The maximum Gasteiger partial charge on any atom is 0.291 e. The molecule has 24 nitrogen and oxygen atoms in total. The fraction of sp³-hybridized carbons (Fsp3) is 0.400. The van der Waals surface area contributed by atoms with Crippen molar-refractivity contribution in [1.29, 1.82) is 0 Å². The van der Waals surface area contributed by atoms with E-state index in [1.54, 1.807) is 63.0 Å². The summed E-state index contributed by atoms with van der Waals surface area (Å²) in [5, 5.41) is 19.9. The number of pyridine rings is 4. The lowest BCUT2D eigenvalue weighted by molar-refractivity contribution is -0.120. The molecule has 0 unspecified atom stereocenters. The van der Waals surface area contributed by atoms with E-state index in [-0.39, 0.29) is 47.9 Å². The molecule has 0 spiro atoms. The molecule has 6 aliphatic rings. The van der Waals surface area contributed by atoms with Gasteiger partial charge in [0.05, 0.1) is 92.1 Å². The smallest absolute Gasteiger partial charge is 0.291 e. The van der Waals surface area contributed by atoms with Crippen LogP contribution in [0.15, 0.2) is 85.2 Å². The van der Waals surface area contributed by atoms with E-state index in [2.05, 4.69) is 51.7 Å². The molecule has 6 aliphatic heterocycles. The first-order valence-electron chi connectivity index (χ1n) is 32.9. The molecule has 4 saturated heterocycles. The van der Waals surface area contributed by atoms with Crippen molar-refractivity contribution in [1.82, 2.24) is 70.1 Å². The number of imidazole rings is 2. The summed E-state index contributed by atoms with van der Waals surface area (Å²) in [4.78, 5) is 82.8. The molecule has 4 fully saturated rings. The number of hydrogen-bond donors (Lipinski definition) is 6. The van der Waals surface area contributed by atoms with E-state index in [0.717, 1.165) is 112 Å². The predicted molar refractivity (Wildman–Crippen MR) is 374 cm³/mol. The lowest BCUT2D eigenvalue weighted by Gasteiger charge is -2.34. The van der Waals surface area contributed by atoms with Crippen LogP contribution in [-0.2, 0) is 72.2 Å². The van der Waals surface area contributed by atoms with Crippen molar-refractivity contribution >= 4 is 81.4 Å². The van der Waals surface area contributed by atoms with E-state index in [0.29, 0.717) is 152 Å². The molecule has 14 rings (SSSR count). The Hall–Kier alpha value is -8.14. The number of carbonyl (C=O) groups excluding carboxylic acids is 4. The van der Waals surface area contributed by atoms with Crippen molar-refractivity contribution in [2.45, 2.75) is 102 Å². The Bertz CT molecular complexity index is 4060. The monoisotopic (exact) mass is 1410 g/mol. The molecule has 6 aromatic heterocycles. The van der Waals surface area contributed by atoms with E-state index >= 15 is 0 Å². The fourth-order valence-electron chi connectivity index (χ4n) is 13.2. The number of benzene rings is 2. The van der Waals surface area contributed by atoms with Crippen LogP contribution in [0.1, 0.15) is 93.7 Å². The van der Waals surface area contributed by atoms with Crippen molar-refractivity contribution in [2.24, 2.45) is 14.1 Å². The minimum atomic E-state index is -0.350. The average Bonchev–Trinajstić information content (AvgIpc) is 1.28. The second-order valence-electron chi connectivity index (χ2n) is 25.2. The highest BCUT2D eigenvalue weighted by atomic mass is 35.5. The molecule has 2 aromatic carbocycles. The van der Waals surface area contributed by atoms with Crippen LogP contribution in [0.4, 0.5) is 11.4 Å². The van der Waals surface area contributed by atoms with Gasteiger partial charge in [0.25, 0.3) is 11.8 Å². The van der Waals surface area contributed by atoms with Crippen molar-refractivity contribution in [3.63, 3.8) is 0 Å². The topological polar surface area (TPSA) is 271 Å². The molecule has 0 bridgehead atoms. The molecule has 0 saturated carbocycles. The molecule has 12 heterocycles. The van der Waals surface area contributed by atoms with E-state index < -0.39 is 0 Å². The van der Waals surface area contributed by atoms with Gasteiger partial charge in [-0.25, -0.2) is 19.9 Å². The van der Waals surface area contributed by atoms with Crippen LogP contribution in [0.25, 0.3) is 45.0 Å². The lowest BCUT2D eigenvalue weighted by atomic mass is 10.1. The third kappa shape index (κ3) is 15.1. The minimum absolute atomic E-state index is 0.0895. The van der Waals surface area contributed by atoms with Crippen LogP contribution in [0.3, 0.4) is 0 Å². The van der Waals surface area contributed by atoms with Crippen molar-refractivity contribution in [3.8, 4) is 56.8 Å². The Morgan fingerprint density at radius 2 is 0.980 bits per heavy atom. The standard InChI is InChI=1S/2C35H38Cl2N8O4/c2*1-44-28-11-14-45(18-22-12-15-49-22)19-27(28)41-33(44)34(47)42-26-5-3-4-24(30(26)36)32-31(37)23(10-13-39-32)25-8-6-20(35(43-25)48-2)16-38-17-21-7-9-29(46)40-21/h2*3-6,8,10,13,21-22,38H,7,9,11-12,14-19H2,1-2H3,(H,40,46)(H,42,47)/t2*21-,22-/m00/s1. The average molecular weight is 1410 g/mol. The summed E-state index contributed by atoms with van der Waals surface area (Å²) < 4.78 is 26.2. The van der Waals surface area contributed by atoms with E-state index in [4.69, 9.17) is 85.3 Å². The Kier molecular flexibility index (Phi) is 21.3. The second-order valence-corrected chi connectivity index (χ2v) is 26.7. The van der Waals surface area contributed by atoms with Crippen LogP contribution < -0.4 is 41.4 Å². The van der Waals surface area contributed by atoms with Crippen molar-refractivity contribution in [3.05, 3.63) is 151 Å². The number of nitrogens with one attached hydrogen (secondary N) is 6. The summed E-state index contributed by atoms with van der Waals surface area (Å²) in [6, 6.07) is 22.2. The molecule has 6 N–H and O–H groups in total. The van der Waals surface area contributed by atoms with Gasteiger partial charge in [0.1, 0.15) is 0 Å². The highest BCUT2D eigenvalue weighted by molar-refractivity contribution is 6.40. The van der Waals surface area contributed by atoms with Gasteiger partial charge in [-0.1, -0.05) is 82.8 Å².